The molecular formula is C22H29FN4O4S. The fourth-order valence-corrected chi connectivity index (χ4v) is 4.14. The van der Waals surface area contributed by atoms with Crippen LogP contribution in [-0.4, -0.2) is 63.3 Å². The maximum atomic E-state index is 13.2. The number of hydrogen-bond acceptors (Lipinski definition) is 5. The van der Waals surface area contributed by atoms with Crippen molar-refractivity contribution in [3.8, 4) is 0 Å². The standard InChI is InChI=1S/C22H29FN4O4S/c1-16(25-32(30,31)21-11-9-20(10-12-21)24-17(2)28)22(29)27(14-13-26(3)4)15-18-5-7-19(23)8-6-18/h5-12,16,25H,13-15H2,1-4H3,(H,24,28)/t16-/m0/s1. The molecule has 1 atom stereocenters. The van der Waals surface area contributed by atoms with Gasteiger partial charge in [0, 0.05) is 32.2 Å². The number of amides is 2. The summed E-state index contributed by atoms with van der Waals surface area (Å²) in [5.74, 6) is -1.03. The summed E-state index contributed by atoms with van der Waals surface area (Å²) in [5.41, 5.74) is 1.21. The number of anilines is 1. The Bertz CT molecular complexity index is 1020. The molecular weight excluding hydrogens is 435 g/mol. The summed E-state index contributed by atoms with van der Waals surface area (Å²) in [5, 5.41) is 2.56. The highest BCUT2D eigenvalue weighted by Gasteiger charge is 2.26. The van der Waals surface area contributed by atoms with E-state index in [1.54, 1.807) is 17.0 Å². The lowest BCUT2D eigenvalue weighted by atomic mass is 10.2. The van der Waals surface area contributed by atoms with Gasteiger partial charge in [0.15, 0.2) is 0 Å². The first-order valence-corrected chi connectivity index (χ1v) is 11.5. The van der Waals surface area contributed by atoms with Crippen LogP contribution in [-0.2, 0) is 26.2 Å². The number of rotatable bonds is 10. The van der Waals surface area contributed by atoms with Crippen LogP contribution in [0.1, 0.15) is 19.4 Å². The molecule has 32 heavy (non-hydrogen) atoms. The van der Waals surface area contributed by atoms with E-state index in [4.69, 9.17) is 0 Å². The lowest BCUT2D eigenvalue weighted by Crippen LogP contribution is -2.48. The molecule has 0 aliphatic carbocycles. The van der Waals surface area contributed by atoms with E-state index in [0.717, 1.165) is 5.56 Å². The summed E-state index contributed by atoms with van der Waals surface area (Å²) in [6.07, 6.45) is 0. The number of carbonyl (C=O) groups excluding carboxylic acids is 2. The highest BCUT2D eigenvalue weighted by molar-refractivity contribution is 7.89. The summed E-state index contributed by atoms with van der Waals surface area (Å²) < 4.78 is 41.1. The van der Waals surface area contributed by atoms with Crippen molar-refractivity contribution < 1.29 is 22.4 Å². The van der Waals surface area contributed by atoms with Crippen LogP contribution in [0, 0.1) is 5.82 Å². The van der Waals surface area contributed by atoms with Crippen molar-refractivity contribution in [1.82, 2.24) is 14.5 Å². The zero-order valence-corrected chi connectivity index (χ0v) is 19.4. The first kappa shape index (κ1) is 25.4. The van der Waals surface area contributed by atoms with Crippen LogP contribution < -0.4 is 10.0 Å². The van der Waals surface area contributed by atoms with Crippen molar-refractivity contribution in [3.05, 3.63) is 59.9 Å². The zero-order valence-electron chi connectivity index (χ0n) is 18.6. The maximum absolute atomic E-state index is 13.2. The molecule has 2 aromatic rings. The maximum Gasteiger partial charge on any atom is 0.241 e. The quantitative estimate of drug-likeness (QED) is 0.561. The normalized spacial score (nSPS) is 12.4. The molecule has 0 saturated heterocycles. The predicted molar refractivity (Wildman–Crippen MR) is 121 cm³/mol. The molecule has 0 heterocycles. The van der Waals surface area contributed by atoms with Crippen LogP contribution in [0.3, 0.4) is 0 Å². The average Bonchev–Trinajstić information content (AvgIpc) is 2.71. The predicted octanol–water partition coefficient (Wildman–Crippen LogP) is 2.04. The molecule has 0 aliphatic rings. The summed E-state index contributed by atoms with van der Waals surface area (Å²) >= 11 is 0. The van der Waals surface area contributed by atoms with E-state index in [1.165, 1.54) is 50.2 Å². The van der Waals surface area contributed by atoms with E-state index in [9.17, 15) is 22.4 Å². The molecule has 2 amide bonds. The second kappa shape index (κ2) is 11.2. The van der Waals surface area contributed by atoms with Gasteiger partial charge in [-0.3, -0.25) is 9.59 Å². The topological polar surface area (TPSA) is 98.8 Å². The molecule has 8 nitrogen and oxygen atoms in total. The van der Waals surface area contributed by atoms with Crippen LogP contribution in [0.5, 0.6) is 0 Å². The molecule has 0 unspecified atom stereocenters. The number of nitrogens with zero attached hydrogens (tertiary/aromatic N) is 2. The van der Waals surface area contributed by atoms with Gasteiger partial charge in [-0.2, -0.15) is 4.72 Å². The van der Waals surface area contributed by atoms with E-state index < -0.39 is 22.0 Å². The lowest BCUT2D eigenvalue weighted by Gasteiger charge is -2.27. The minimum absolute atomic E-state index is 0.0235. The Balaban J connectivity index is 2.13. The third kappa shape index (κ3) is 7.70. The van der Waals surface area contributed by atoms with Gasteiger partial charge in [-0.1, -0.05) is 12.1 Å². The van der Waals surface area contributed by atoms with Gasteiger partial charge in [-0.05, 0) is 63.0 Å². The van der Waals surface area contributed by atoms with Crippen molar-refractivity contribution >= 4 is 27.5 Å². The Morgan fingerprint density at radius 2 is 1.59 bits per heavy atom. The first-order valence-electron chi connectivity index (χ1n) is 10.1. The summed E-state index contributed by atoms with van der Waals surface area (Å²) in [7, 11) is -0.219. The molecule has 174 valence electrons. The fourth-order valence-electron chi connectivity index (χ4n) is 2.94. The van der Waals surface area contributed by atoms with Gasteiger partial charge in [-0.15, -0.1) is 0 Å². The van der Waals surface area contributed by atoms with Crippen LogP contribution in [0.4, 0.5) is 10.1 Å². The number of sulfonamides is 1. The van der Waals surface area contributed by atoms with E-state index in [0.29, 0.717) is 18.8 Å². The largest absolute Gasteiger partial charge is 0.336 e. The van der Waals surface area contributed by atoms with Crippen molar-refractivity contribution in [3.63, 3.8) is 0 Å². The molecule has 0 aliphatic heterocycles. The van der Waals surface area contributed by atoms with Gasteiger partial charge in [0.1, 0.15) is 5.82 Å². The Labute approximate surface area is 188 Å². The van der Waals surface area contributed by atoms with E-state index in [1.807, 2.05) is 19.0 Å². The third-order valence-electron chi connectivity index (χ3n) is 4.60. The van der Waals surface area contributed by atoms with Crippen molar-refractivity contribution in [2.45, 2.75) is 31.3 Å². The fraction of sp³-hybridized carbons (Fsp3) is 0.364. The first-order chi connectivity index (χ1) is 15.0. The Morgan fingerprint density at radius 3 is 2.12 bits per heavy atom. The molecule has 2 rings (SSSR count). The van der Waals surface area contributed by atoms with Crippen molar-refractivity contribution in [2.75, 3.05) is 32.5 Å². The smallest absolute Gasteiger partial charge is 0.241 e. The molecule has 2 N–H and O–H groups in total. The van der Waals surface area contributed by atoms with Gasteiger partial charge < -0.3 is 15.1 Å². The van der Waals surface area contributed by atoms with Crippen LogP contribution in [0.2, 0.25) is 0 Å². The Kier molecular flexibility index (Phi) is 8.88. The Morgan fingerprint density at radius 1 is 1.00 bits per heavy atom. The monoisotopic (exact) mass is 464 g/mol. The second-order valence-electron chi connectivity index (χ2n) is 7.74. The van der Waals surface area contributed by atoms with Crippen molar-refractivity contribution in [1.29, 1.82) is 0 Å². The van der Waals surface area contributed by atoms with E-state index in [-0.39, 0.29) is 23.2 Å². The molecule has 10 heteroatoms. The highest BCUT2D eigenvalue weighted by atomic mass is 32.2. The molecule has 0 radical (unpaired) electrons. The average molecular weight is 465 g/mol. The minimum Gasteiger partial charge on any atom is -0.336 e. The molecule has 0 aromatic heterocycles. The van der Waals surface area contributed by atoms with Gasteiger partial charge in [0.2, 0.25) is 21.8 Å². The number of carbonyl (C=O) groups is 2. The second-order valence-corrected chi connectivity index (χ2v) is 9.45. The van der Waals surface area contributed by atoms with Crippen molar-refractivity contribution in [2.24, 2.45) is 0 Å². The van der Waals surface area contributed by atoms with Gasteiger partial charge >= 0.3 is 0 Å². The van der Waals surface area contributed by atoms with Crippen LogP contribution >= 0.6 is 0 Å². The van der Waals surface area contributed by atoms with E-state index in [2.05, 4.69) is 10.0 Å². The summed E-state index contributed by atoms with van der Waals surface area (Å²) in [6.45, 7) is 4.02. The number of halogens is 1. The lowest BCUT2D eigenvalue weighted by molar-refractivity contribution is -0.133. The van der Waals surface area contributed by atoms with E-state index >= 15 is 0 Å². The van der Waals surface area contributed by atoms with Gasteiger partial charge in [-0.25, -0.2) is 12.8 Å². The zero-order chi connectivity index (χ0) is 23.9. The number of nitrogens with one attached hydrogen (secondary N) is 2. The molecule has 2 aromatic carbocycles. The SMILES string of the molecule is CC(=O)Nc1ccc(S(=O)(=O)N[C@@H](C)C(=O)N(CCN(C)C)Cc2ccc(F)cc2)cc1. The van der Waals surface area contributed by atoms with Gasteiger partial charge in [0.25, 0.3) is 0 Å². The summed E-state index contributed by atoms with van der Waals surface area (Å²) in [4.78, 5) is 27.6. The Hall–Kier alpha value is -2.82. The molecule has 0 fully saturated rings. The summed E-state index contributed by atoms with van der Waals surface area (Å²) in [6, 6.07) is 10.5. The highest BCUT2D eigenvalue weighted by Crippen LogP contribution is 2.15. The minimum atomic E-state index is -3.96. The molecule has 0 bridgehead atoms. The van der Waals surface area contributed by atoms with Crippen LogP contribution in [0.15, 0.2) is 53.4 Å². The number of hydrogen-bond donors (Lipinski definition) is 2. The van der Waals surface area contributed by atoms with Crippen LogP contribution in [0.25, 0.3) is 0 Å². The number of likely N-dealkylation sites (N-methyl/N-ethyl adjacent to an activating group) is 1. The molecule has 0 spiro atoms. The molecule has 0 saturated carbocycles. The van der Waals surface area contributed by atoms with Gasteiger partial charge in [0.05, 0.1) is 10.9 Å². The number of benzene rings is 2. The third-order valence-corrected chi connectivity index (χ3v) is 6.16.